The van der Waals surface area contributed by atoms with Crippen molar-refractivity contribution in [3.63, 3.8) is 0 Å². The van der Waals surface area contributed by atoms with Gasteiger partial charge in [-0.05, 0) is 38.3 Å². The summed E-state index contributed by atoms with van der Waals surface area (Å²) in [6, 6.07) is 0.608. The number of hydrogen-bond donors (Lipinski definition) is 1. The minimum atomic E-state index is 0.0453. The third-order valence-corrected chi connectivity index (χ3v) is 4.81. The molecule has 0 radical (unpaired) electrons. The smallest absolute Gasteiger partial charge is 0.241 e. The molecular formula is C16H31N3O. The van der Waals surface area contributed by atoms with Crippen LogP contribution >= 0.6 is 0 Å². The van der Waals surface area contributed by atoms with E-state index < -0.39 is 0 Å². The minimum absolute atomic E-state index is 0.0453. The lowest BCUT2D eigenvalue weighted by Crippen LogP contribution is -2.47. The quantitative estimate of drug-likeness (QED) is 0.809. The SMILES string of the molecule is CCCC1NC(C(C)C)N(CC2CCCN2CC)C1=O. The van der Waals surface area contributed by atoms with Crippen molar-refractivity contribution in [3.05, 3.63) is 0 Å². The van der Waals surface area contributed by atoms with Crippen molar-refractivity contribution in [2.45, 2.75) is 71.6 Å². The zero-order valence-corrected chi connectivity index (χ0v) is 13.6. The number of rotatable bonds is 6. The maximum Gasteiger partial charge on any atom is 0.241 e. The van der Waals surface area contributed by atoms with Crippen molar-refractivity contribution in [2.24, 2.45) is 5.92 Å². The average molecular weight is 281 g/mol. The Hall–Kier alpha value is -0.610. The van der Waals surface area contributed by atoms with E-state index in [2.05, 4.69) is 42.8 Å². The molecule has 4 heteroatoms. The van der Waals surface area contributed by atoms with Crippen molar-refractivity contribution in [1.29, 1.82) is 0 Å². The first kappa shape index (κ1) is 15.8. The molecule has 1 amide bonds. The number of carbonyl (C=O) groups excluding carboxylic acids is 1. The van der Waals surface area contributed by atoms with E-state index in [1.165, 1.54) is 19.4 Å². The lowest BCUT2D eigenvalue weighted by Gasteiger charge is -2.32. The molecular weight excluding hydrogens is 250 g/mol. The van der Waals surface area contributed by atoms with Gasteiger partial charge in [0.05, 0.1) is 12.2 Å². The molecule has 0 bridgehead atoms. The van der Waals surface area contributed by atoms with E-state index in [1.54, 1.807) is 0 Å². The van der Waals surface area contributed by atoms with Gasteiger partial charge >= 0.3 is 0 Å². The number of likely N-dealkylation sites (N-methyl/N-ethyl adjacent to an activating group) is 1. The molecule has 2 aliphatic heterocycles. The van der Waals surface area contributed by atoms with Crippen molar-refractivity contribution in [3.8, 4) is 0 Å². The van der Waals surface area contributed by atoms with Gasteiger partial charge in [-0.3, -0.25) is 15.0 Å². The molecule has 4 nitrogen and oxygen atoms in total. The lowest BCUT2D eigenvalue weighted by molar-refractivity contribution is -0.131. The molecule has 3 atom stereocenters. The second-order valence-corrected chi connectivity index (χ2v) is 6.61. The molecule has 20 heavy (non-hydrogen) atoms. The molecule has 3 unspecified atom stereocenters. The Labute approximate surface area is 123 Å². The fraction of sp³-hybridized carbons (Fsp3) is 0.938. The summed E-state index contributed by atoms with van der Waals surface area (Å²) in [5.41, 5.74) is 0. The lowest BCUT2D eigenvalue weighted by atomic mass is 10.1. The second kappa shape index (κ2) is 6.90. The number of amides is 1. The third kappa shape index (κ3) is 3.17. The molecule has 1 N–H and O–H groups in total. The summed E-state index contributed by atoms with van der Waals surface area (Å²) in [4.78, 5) is 17.3. The van der Waals surface area contributed by atoms with E-state index in [0.29, 0.717) is 17.9 Å². The topological polar surface area (TPSA) is 35.6 Å². The Balaban J connectivity index is 2.04. The average Bonchev–Trinajstić information content (AvgIpc) is 2.98. The van der Waals surface area contributed by atoms with Gasteiger partial charge in [-0.15, -0.1) is 0 Å². The van der Waals surface area contributed by atoms with Crippen molar-refractivity contribution in [1.82, 2.24) is 15.1 Å². The van der Waals surface area contributed by atoms with Crippen LogP contribution in [0.2, 0.25) is 0 Å². The zero-order valence-electron chi connectivity index (χ0n) is 13.6. The van der Waals surface area contributed by atoms with Gasteiger partial charge in [-0.1, -0.05) is 34.1 Å². The summed E-state index contributed by atoms with van der Waals surface area (Å²) in [7, 11) is 0. The fourth-order valence-electron chi connectivity index (χ4n) is 3.70. The van der Waals surface area contributed by atoms with Crippen LogP contribution in [-0.4, -0.2) is 53.6 Å². The van der Waals surface area contributed by atoms with Crippen LogP contribution in [0.5, 0.6) is 0 Å². The minimum Gasteiger partial charge on any atom is -0.324 e. The van der Waals surface area contributed by atoms with Gasteiger partial charge in [-0.2, -0.15) is 0 Å². The van der Waals surface area contributed by atoms with Crippen LogP contribution in [0.15, 0.2) is 0 Å². The zero-order chi connectivity index (χ0) is 14.7. The number of carbonyl (C=O) groups is 1. The number of nitrogens with one attached hydrogen (secondary N) is 1. The summed E-state index contributed by atoms with van der Waals surface area (Å²) >= 11 is 0. The Morgan fingerprint density at radius 1 is 1.35 bits per heavy atom. The normalized spacial score (nSPS) is 31.8. The van der Waals surface area contributed by atoms with Crippen molar-refractivity contribution >= 4 is 5.91 Å². The monoisotopic (exact) mass is 281 g/mol. The van der Waals surface area contributed by atoms with Gasteiger partial charge in [0, 0.05) is 12.6 Å². The standard InChI is InChI=1S/C16H31N3O/c1-5-8-14-16(20)19(15(17-14)12(3)4)11-13-9-7-10-18(13)6-2/h12-15,17H,5-11H2,1-4H3. The Kier molecular flexibility index (Phi) is 5.44. The molecule has 2 heterocycles. The first-order valence-electron chi connectivity index (χ1n) is 8.39. The van der Waals surface area contributed by atoms with Crippen LogP contribution in [0.4, 0.5) is 0 Å². The molecule has 0 saturated carbocycles. The first-order chi connectivity index (χ1) is 9.58. The van der Waals surface area contributed by atoms with E-state index in [-0.39, 0.29) is 12.2 Å². The number of nitrogens with zero attached hydrogens (tertiary/aromatic N) is 2. The molecule has 116 valence electrons. The molecule has 2 aliphatic rings. The fourth-order valence-corrected chi connectivity index (χ4v) is 3.70. The van der Waals surface area contributed by atoms with E-state index in [0.717, 1.165) is 25.9 Å². The van der Waals surface area contributed by atoms with E-state index in [4.69, 9.17) is 0 Å². The van der Waals surface area contributed by atoms with Gasteiger partial charge in [0.2, 0.25) is 5.91 Å². The highest BCUT2D eigenvalue weighted by Gasteiger charge is 2.41. The highest BCUT2D eigenvalue weighted by atomic mass is 16.2. The van der Waals surface area contributed by atoms with Crippen LogP contribution in [0.1, 0.15) is 53.4 Å². The van der Waals surface area contributed by atoms with Crippen LogP contribution in [0.3, 0.4) is 0 Å². The first-order valence-corrected chi connectivity index (χ1v) is 8.39. The maximum absolute atomic E-state index is 12.6. The molecule has 0 aromatic carbocycles. The molecule has 0 aromatic rings. The Bertz CT molecular complexity index is 332. The summed E-state index contributed by atoms with van der Waals surface area (Å²) in [6.45, 7) is 12.0. The van der Waals surface area contributed by atoms with Gasteiger partial charge < -0.3 is 4.90 Å². The number of hydrogen-bond acceptors (Lipinski definition) is 3. The summed E-state index contributed by atoms with van der Waals surface area (Å²) in [5.74, 6) is 0.797. The Morgan fingerprint density at radius 2 is 2.10 bits per heavy atom. The van der Waals surface area contributed by atoms with Gasteiger partial charge in [0.25, 0.3) is 0 Å². The summed E-state index contributed by atoms with van der Waals surface area (Å²) in [6.07, 6.45) is 4.76. The van der Waals surface area contributed by atoms with Crippen molar-refractivity contribution in [2.75, 3.05) is 19.6 Å². The predicted octanol–water partition coefficient (Wildman–Crippen LogP) is 2.05. The second-order valence-electron chi connectivity index (χ2n) is 6.61. The van der Waals surface area contributed by atoms with Crippen molar-refractivity contribution < 1.29 is 4.79 Å². The highest BCUT2D eigenvalue weighted by Crippen LogP contribution is 2.24. The van der Waals surface area contributed by atoms with Crippen LogP contribution in [0, 0.1) is 5.92 Å². The van der Waals surface area contributed by atoms with Gasteiger partial charge in [-0.25, -0.2) is 0 Å². The van der Waals surface area contributed by atoms with Gasteiger partial charge in [0.15, 0.2) is 0 Å². The molecule has 0 aliphatic carbocycles. The maximum atomic E-state index is 12.6. The molecule has 0 aromatic heterocycles. The summed E-state index contributed by atoms with van der Waals surface area (Å²) in [5, 5.41) is 3.56. The van der Waals surface area contributed by atoms with Gasteiger partial charge in [0.1, 0.15) is 0 Å². The van der Waals surface area contributed by atoms with E-state index in [9.17, 15) is 4.79 Å². The van der Waals surface area contributed by atoms with Crippen LogP contribution < -0.4 is 5.32 Å². The predicted molar refractivity (Wildman–Crippen MR) is 82.4 cm³/mol. The van der Waals surface area contributed by atoms with E-state index >= 15 is 0 Å². The highest BCUT2D eigenvalue weighted by molar-refractivity contribution is 5.84. The third-order valence-electron chi connectivity index (χ3n) is 4.81. The van der Waals surface area contributed by atoms with Crippen LogP contribution in [-0.2, 0) is 4.79 Å². The Morgan fingerprint density at radius 3 is 2.70 bits per heavy atom. The van der Waals surface area contributed by atoms with E-state index in [1.807, 2.05) is 0 Å². The number of likely N-dealkylation sites (tertiary alicyclic amines) is 1. The molecule has 2 rings (SSSR count). The molecule has 2 fully saturated rings. The largest absolute Gasteiger partial charge is 0.324 e. The molecule has 2 saturated heterocycles. The van der Waals surface area contributed by atoms with Crippen LogP contribution in [0.25, 0.3) is 0 Å². The molecule has 0 spiro atoms. The summed E-state index contributed by atoms with van der Waals surface area (Å²) < 4.78 is 0.